The number of aliphatic imine (C=N–C) groups is 1. The van der Waals surface area contributed by atoms with Gasteiger partial charge in [-0.15, -0.1) is 0 Å². The summed E-state index contributed by atoms with van der Waals surface area (Å²) in [6, 6.07) is 14.9. The summed E-state index contributed by atoms with van der Waals surface area (Å²) in [5.74, 6) is 0.363. The molecule has 2 aromatic carbocycles. The molecule has 0 bridgehead atoms. The molecule has 110 valence electrons. The Hall–Kier alpha value is -2.40. The van der Waals surface area contributed by atoms with Crippen LogP contribution < -0.4 is 4.74 Å². The summed E-state index contributed by atoms with van der Waals surface area (Å²) >= 11 is 3.39. The Balaban J connectivity index is 2.00. The smallest absolute Gasteiger partial charge is 0.363 e. The van der Waals surface area contributed by atoms with Crippen LogP contribution in [0.1, 0.15) is 11.1 Å². The van der Waals surface area contributed by atoms with Gasteiger partial charge in [0.05, 0.1) is 12.7 Å². The normalized spacial score (nSPS) is 15.6. The zero-order valence-corrected chi connectivity index (χ0v) is 13.3. The number of rotatable bonds is 3. The number of ether oxygens (including phenoxy) is 2. The van der Waals surface area contributed by atoms with E-state index in [1.807, 2.05) is 36.4 Å². The van der Waals surface area contributed by atoms with Gasteiger partial charge in [0, 0.05) is 4.47 Å². The molecule has 0 radical (unpaired) electrons. The van der Waals surface area contributed by atoms with E-state index >= 15 is 0 Å². The molecule has 0 atom stereocenters. The van der Waals surface area contributed by atoms with Crippen LogP contribution >= 0.6 is 15.9 Å². The van der Waals surface area contributed by atoms with Crippen LogP contribution in [-0.2, 0) is 9.53 Å². The summed E-state index contributed by atoms with van der Waals surface area (Å²) in [5, 5.41) is 0. The fourth-order valence-corrected chi connectivity index (χ4v) is 2.44. The SMILES string of the molecule is COc1ccc(Br)cc1C1=N/C(=C/c2ccccc2)C(=O)O1. The number of nitrogens with zero attached hydrogens (tertiary/aromatic N) is 1. The van der Waals surface area contributed by atoms with E-state index in [4.69, 9.17) is 9.47 Å². The molecule has 5 heteroatoms. The summed E-state index contributed by atoms with van der Waals surface area (Å²) in [6.07, 6.45) is 1.69. The number of cyclic esters (lactones) is 1. The lowest BCUT2D eigenvalue weighted by molar-refractivity contribution is -0.129. The van der Waals surface area contributed by atoms with Gasteiger partial charge in [-0.2, -0.15) is 0 Å². The molecule has 0 fully saturated rings. The van der Waals surface area contributed by atoms with Gasteiger partial charge in [-0.25, -0.2) is 9.79 Å². The van der Waals surface area contributed by atoms with Crippen molar-refractivity contribution in [2.45, 2.75) is 0 Å². The summed E-state index contributed by atoms with van der Waals surface area (Å²) in [4.78, 5) is 16.3. The Labute approximate surface area is 136 Å². The van der Waals surface area contributed by atoms with Crippen LogP contribution in [0.5, 0.6) is 5.75 Å². The van der Waals surface area contributed by atoms with E-state index in [0.717, 1.165) is 10.0 Å². The highest BCUT2D eigenvalue weighted by Gasteiger charge is 2.26. The number of methoxy groups -OCH3 is 1. The molecule has 0 aliphatic carbocycles. The van der Waals surface area contributed by atoms with E-state index in [0.29, 0.717) is 11.3 Å². The predicted octanol–water partition coefficient (Wildman–Crippen LogP) is 3.80. The second kappa shape index (κ2) is 6.15. The Morgan fingerprint density at radius 2 is 1.95 bits per heavy atom. The van der Waals surface area contributed by atoms with Gasteiger partial charge in [0.15, 0.2) is 5.70 Å². The number of benzene rings is 2. The maximum absolute atomic E-state index is 12.0. The number of carbonyl (C=O) groups is 1. The maximum Gasteiger partial charge on any atom is 0.363 e. The monoisotopic (exact) mass is 357 g/mol. The summed E-state index contributed by atoms with van der Waals surface area (Å²) < 4.78 is 11.4. The molecule has 1 heterocycles. The molecule has 0 saturated heterocycles. The van der Waals surface area contributed by atoms with E-state index in [1.165, 1.54) is 0 Å². The van der Waals surface area contributed by atoms with Gasteiger partial charge < -0.3 is 9.47 Å². The fourth-order valence-electron chi connectivity index (χ4n) is 2.08. The van der Waals surface area contributed by atoms with Crippen LogP contribution in [0.3, 0.4) is 0 Å². The molecule has 0 saturated carbocycles. The summed E-state index contributed by atoms with van der Waals surface area (Å²) in [6.45, 7) is 0. The van der Waals surface area contributed by atoms with Crippen LogP contribution in [0.4, 0.5) is 0 Å². The Morgan fingerprint density at radius 1 is 1.18 bits per heavy atom. The topological polar surface area (TPSA) is 47.9 Å². The number of hydrogen-bond donors (Lipinski definition) is 0. The lowest BCUT2D eigenvalue weighted by Gasteiger charge is -2.07. The van der Waals surface area contributed by atoms with Crippen molar-refractivity contribution in [1.82, 2.24) is 0 Å². The first-order valence-electron chi connectivity index (χ1n) is 6.59. The molecule has 0 aromatic heterocycles. The van der Waals surface area contributed by atoms with Crippen molar-refractivity contribution in [3.63, 3.8) is 0 Å². The van der Waals surface area contributed by atoms with Gasteiger partial charge in [-0.05, 0) is 29.8 Å². The van der Waals surface area contributed by atoms with Crippen LogP contribution in [0.2, 0.25) is 0 Å². The van der Waals surface area contributed by atoms with Gasteiger partial charge in [-0.3, -0.25) is 0 Å². The maximum atomic E-state index is 12.0. The van der Waals surface area contributed by atoms with Crippen LogP contribution in [-0.4, -0.2) is 19.0 Å². The lowest BCUT2D eigenvalue weighted by Crippen LogP contribution is -2.07. The fraction of sp³-hybridized carbons (Fsp3) is 0.0588. The van der Waals surface area contributed by atoms with E-state index in [2.05, 4.69) is 20.9 Å². The lowest BCUT2D eigenvalue weighted by atomic mass is 10.2. The highest BCUT2D eigenvalue weighted by Crippen LogP contribution is 2.27. The average molecular weight is 358 g/mol. The average Bonchev–Trinajstić information content (AvgIpc) is 2.89. The molecule has 0 N–H and O–H groups in total. The molecule has 0 unspecified atom stereocenters. The third-order valence-corrected chi connectivity index (χ3v) is 3.61. The zero-order chi connectivity index (χ0) is 15.5. The van der Waals surface area contributed by atoms with Crippen LogP contribution in [0.15, 0.2) is 63.7 Å². The first-order chi connectivity index (χ1) is 10.7. The van der Waals surface area contributed by atoms with Gasteiger partial charge >= 0.3 is 5.97 Å². The number of hydrogen-bond acceptors (Lipinski definition) is 4. The van der Waals surface area contributed by atoms with Gasteiger partial charge in [0.25, 0.3) is 0 Å². The molecule has 1 aliphatic heterocycles. The molecule has 22 heavy (non-hydrogen) atoms. The van der Waals surface area contributed by atoms with E-state index in [1.54, 1.807) is 25.3 Å². The molecule has 1 aliphatic rings. The third-order valence-electron chi connectivity index (χ3n) is 3.12. The first kappa shape index (κ1) is 14.5. The van der Waals surface area contributed by atoms with Gasteiger partial charge in [-0.1, -0.05) is 46.3 Å². The highest BCUT2D eigenvalue weighted by molar-refractivity contribution is 9.10. The largest absolute Gasteiger partial charge is 0.496 e. The number of esters is 1. The van der Waals surface area contributed by atoms with Crippen molar-refractivity contribution in [3.05, 3.63) is 69.8 Å². The Bertz CT molecular complexity index is 782. The van der Waals surface area contributed by atoms with Crippen LogP contribution in [0.25, 0.3) is 6.08 Å². The van der Waals surface area contributed by atoms with E-state index in [9.17, 15) is 4.79 Å². The predicted molar refractivity (Wildman–Crippen MR) is 87.7 cm³/mol. The van der Waals surface area contributed by atoms with Crippen molar-refractivity contribution in [3.8, 4) is 5.75 Å². The Kier molecular flexibility index (Phi) is 4.06. The minimum absolute atomic E-state index is 0.241. The van der Waals surface area contributed by atoms with Crippen molar-refractivity contribution in [2.24, 2.45) is 4.99 Å². The molecule has 4 nitrogen and oxygen atoms in total. The van der Waals surface area contributed by atoms with E-state index < -0.39 is 5.97 Å². The van der Waals surface area contributed by atoms with Crippen molar-refractivity contribution < 1.29 is 14.3 Å². The van der Waals surface area contributed by atoms with Gasteiger partial charge in [0.2, 0.25) is 5.90 Å². The van der Waals surface area contributed by atoms with Crippen LogP contribution in [0, 0.1) is 0 Å². The minimum Gasteiger partial charge on any atom is -0.496 e. The highest BCUT2D eigenvalue weighted by atomic mass is 79.9. The van der Waals surface area contributed by atoms with Crippen molar-refractivity contribution in [2.75, 3.05) is 7.11 Å². The number of carbonyl (C=O) groups excluding carboxylic acids is 1. The number of halogens is 1. The standard InChI is InChI=1S/C17H12BrNO3/c1-21-15-8-7-12(18)10-13(15)16-19-14(17(20)22-16)9-11-5-3-2-4-6-11/h2-10H,1H3/b14-9+. The molecular weight excluding hydrogens is 346 g/mol. The third kappa shape index (κ3) is 2.94. The molecule has 3 rings (SSSR count). The van der Waals surface area contributed by atoms with Gasteiger partial charge in [0.1, 0.15) is 5.75 Å². The first-order valence-corrected chi connectivity index (χ1v) is 7.38. The molecule has 0 amide bonds. The van der Waals surface area contributed by atoms with E-state index in [-0.39, 0.29) is 11.6 Å². The second-order valence-corrected chi connectivity index (χ2v) is 5.51. The quantitative estimate of drug-likeness (QED) is 0.619. The second-order valence-electron chi connectivity index (χ2n) is 4.59. The summed E-state index contributed by atoms with van der Waals surface area (Å²) in [7, 11) is 1.56. The van der Waals surface area contributed by atoms with Crippen molar-refractivity contribution >= 4 is 33.9 Å². The summed E-state index contributed by atoms with van der Waals surface area (Å²) in [5.41, 5.74) is 1.78. The minimum atomic E-state index is -0.471. The molecule has 0 spiro atoms. The molecular formula is C17H12BrNO3. The zero-order valence-electron chi connectivity index (χ0n) is 11.7. The Morgan fingerprint density at radius 3 is 2.68 bits per heavy atom. The van der Waals surface area contributed by atoms with Crippen molar-refractivity contribution in [1.29, 1.82) is 0 Å². The molecule has 2 aromatic rings.